The third kappa shape index (κ3) is 3.46. The highest BCUT2D eigenvalue weighted by Crippen LogP contribution is 2.30. The van der Waals surface area contributed by atoms with Crippen molar-refractivity contribution < 1.29 is 4.74 Å². The van der Waals surface area contributed by atoms with E-state index in [1.54, 1.807) is 0 Å². The number of rotatable bonds is 2. The number of ether oxygens (including phenoxy) is 1. The first-order valence-electron chi connectivity index (χ1n) is 6.30. The van der Waals surface area contributed by atoms with Crippen LogP contribution in [0.5, 0.6) is 0 Å². The van der Waals surface area contributed by atoms with Gasteiger partial charge in [0.15, 0.2) is 0 Å². The lowest BCUT2D eigenvalue weighted by atomic mass is 10.0. The van der Waals surface area contributed by atoms with E-state index in [4.69, 9.17) is 22.7 Å². The smallest absolute Gasteiger partial charge is 0.106 e. The zero-order chi connectivity index (χ0) is 14.2. The number of thiocarbonyl (C=S) groups is 1. The lowest BCUT2D eigenvalue weighted by Gasteiger charge is -2.43. The predicted octanol–water partition coefficient (Wildman–Crippen LogP) is 3.09. The maximum atomic E-state index is 5.93. The molecule has 1 aromatic rings. The summed E-state index contributed by atoms with van der Waals surface area (Å²) in [6, 6.07) is 6.06. The molecule has 0 aromatic heterocycles. The molecule has 5 heteroatoms. The zero-order valence-electron chi connectivity index (χ0n) is 11.4. The van der Waals surface area contributed by atoms with Gasteiger partial charge in [-0.25, -0.2) is 0 Å². The molecule has 1 heterocycles. The molecule has 0 spiro atoms. The van der Waals surface area contributed by atoms with Crippen molar-refractivity contribution in [3.8, 4) is 0 Å². The van der Waals surface area contributed by atoms with E-state index in [9.17, 15) is 0 Å². The van der Waals surface area contributed by atoms with Crippen LogP contribution < -0.4 is 10.6 Å². The van der Waals surface area contributed by atoms with Crippen LogP contribution in [-0.4, -0.2) is 29.8 Å². The fourth-order valence-corrected chi connectivity index (χ4v) is 3.14. The van der Waals surface area contributed by atoms with Crippen LogP contribution in [0.2, 0.25) is 0 Å². The molecule has 1 saturated heterocycles. The number of hydrogen-bond donors (Lipinski definition) is 1. The second kappa shape index (κ2) is 5.38. The second-order valence-corrected chi connectivity index (χ2v) is 6.95. The van der Waals surface area contributed by atoms with E-state index in [0.29, 0.717) is 4.99 Å². The van der Waals surface area contributed by atoms with E-state index in [-0.39, 0.29) is 11.7 Å². The van der Waals surface area contributed by atoms with Gasteiger partial charge in [0, 0.05) is 28.8 Å². The lowest BCUT2D eigenvalue weighted by Crippen LogP contribution is -2.52. The quantitative estimate of drug-likeness (QED) is 0.838. The molecule has 1 aliphatic rings. The van der Waals surface area contributed by atoms with Gasteiger partial charge in [0.2, 0.25) is 0 Å². The van der Waals surface area contributed by atoms with Crippen LogP contribution >= 0.6 is 28.1 Å². The number of hydrogen-bond acceptors (Lipinski definition) is 3. The van der Waals surface area contributed by atoms with Gasteiger partial charge in [-0.05, 0) is 39.0 Å². The average molecular weight is 343 g/mol. The molecule has 3 nitrogen and oxygen atoms in total. The van der Waals surface area contributed by atoms with Crippen LogP contribution in [0.4, 0.5) is 5.69 Å². The molecule has 2 N–H and O–H groups in total. The monoisotopic (exact) mass is 342 g/mol. The predicted molar refractivity (Wildman–Crippen MR) is 86.9 cm³/mol. The van der Waals surface area contributed by atoms with E-state index in [1.165, 1.54) is 0 Å². The summed E-state index contributed by atoms with van der Waals surface area (Å²) in [6.07, 6.45) is 0.187. The summed E-state index contributed by atoms with van der Waals surface area (Å²) < 4.78 is 6.92. The number of nitrogens with zero attached hydrogens (tertiary/aromatic N) is 1. The van der Waals surface area contributed by atoms with Gasteiger partial charge in [-0.2, -0.15) is 0 Å². The van der Waals surface area contributed by atoms with Crippen LogP contribution in [-0.2, 0) is 4.74 Å². The van der Waals surface area contributed by atoms with Gasteiger partial charge in [-0.1, -0.05) is 28.1 Å². The molecule has 104 valence electrons. The van der Waals surface area contributed by atoms with E-state index < -0.39 is 0 Å². The van der Waals surface area contributed by atoms with Gasteiger partial charge in [0.25, 0.3) is 0 Å². The highest BCUT2D eigenvalue weighted by molar-refractivity contribution is 9.10. The standard InChI is InChI=1S/C14H19BrN2OS/c1-9-7-17(8-14(2,3)18-9)12-5-4-10(15)6-11(12)13(16)19/h4-6,9H,7-8H2,1-3H3,(H2,16,19). The molecule has 0 radical (unpaired) electrons. The summed E-state index contributed by atoms with van der Waals surface area (Å²) in [5, 5.41) is 0. The Morgan fingerprint density at radius 1 is 1.53 bits per heavy atom. The van der Waals surface area contributed by atoms with Crippen LogP contribution in [0.1, 0.15) is 26.3 Å². The average Bonchev–Trinajstić information content (AvgIpc) is 2.25. The fourth-order valence-electron chi connectivity index (χ4n) is 2.62. The fraction of sp³-hybridized carbons (Fsp3) is 0.500. The molecule has 1 atom stereocenters. The van der Waals surface area contributed by atoms with Crippen LogP contribution in [0, 0.1) is 0 Å². The van der Waals surface area contributed by atoms with Gasteiger partial charge < -0.3 is 15.4 Å². The largest absolute Gasteiger partial charge is 0.389 e. The molecule has 0 bridgehead atoms. The Balaban J connectivity index is 2.38. The maximum Gasteiger partial charge on any atom is 0.106 e. The molecule has 1 aromatic carbocycles. The Hall–Kier alpha value is -0.650. The molecular formula is C14H19BrN2OS. The SMILES string of the molecule is CC1CN(c2ccc(Br)cc2C(N)=S)CC(C)(C)O1. The third-order valence-corrected chi connectivity index (χ3v) is 3.85. The Morgan fingerprint density at radius 2 is 2.21 bits per heavy atom. The van der Waals surface area contributed by atoms with Crippen LogP contribution in [0.25, 0.3) is 0 Å². The molecular weight excluding hydrogens is 324 g/mol. The van der Waals surface area contributed by atoms with Crippen LogP contribution in [0.3, 0.4) is 0 Å². The number of halogens is 1. The van der Waals surface area contributed by atoms with Gasteiger partial charge in [0.1, 0.15) is 4.99 Å². The molecule has 2 rings (SSSR count). The first-order valence-corrected chi connectivity index (χ1v) is 7.51. The molecule has 1 fully saturated rings. The van der Waals surface area contributed by atoms with Crippen LogP contribution in [0.15, 0.2) is 22.7 Å². The van der Waals surface area contributed by atoms with Crippen molar-refractivity contribution in [3.05, 3.63) is 28.2 Å². The second-order valence-electron chi connectivity index (χ2n) is 5.59. The van der Waals surface area contributed by atoms with E-state index in [1.807, 2.05) is 12.1 Å². The van der Waals surface area contributed by atoms with Crippen molar-refractivity contribution in [2.24, 2.45) is 5.73 Å². The van der Waals surface area contributed by atoms with Crippen molar-refractivity contribution in [3.63, 3.8) is 0 Å². The Morgan fingerprint density at radius 3 is 2.79 bits per heavy atom. The minimum absolute atomic E-state index is 0.168. The summed E-state index contributed by atoms with van der Waals surface area (Å²) in [5.41, 5.74) is 7.67. The zero-order valence-corrected chi connectivity index (χ0v) is 13.8. The Kier molecular flexibility index (Phi) is 4.18. The summed E-state index contributed by atoms with van der Waals surface area (Å²) in [6.45, 7) is 7.98. The highest BCUT2D eigenvalue weighted by Gasteiger charge is 2.32. The summed E-state index contributed by atoms with van der Waals surface area (Å²) >= 11 is 8.63. The van der Waals surface area contributed by atoms with Gasteiger partial charge >= 0.3 is 0 Å². The molecule has 0 amide bonds. The maximum absolute atomic E-state index is 5.93. The number of morpholine rings is 1. The van der Waals surface area contributed by atoms with Gasteiger partial charge in [0.05, 0.1) is 11.7 Å². The Bertz CT molecular complexity index is 504. The highest BCUT2D eigenvalue weighted by atomic mass is 79.9. The summed E-state index contributed by atoms with van der Waals surface area (Å²) in [5.74, 6) is 0. The van der Waals surface area contributed by atoms with Crippen molar-refractivity contribution in [2.75, 3.05) is 18.0 Å². The van der Waals surface area contributed by atoms with Gasteiger partial charge in [-0.3, -0.25) is 0 Å². The van der Waals surface area contributed by atoms with Crippen molar-refractivity contribution in [2.45, 2.75) is 32.5 Å². The number of anilines is 1. The van der Waals surface area contributed by atoms with Gasteiger partial charge in [-0.15, -0.1) is 0 Å². The molecule has 19 heavy (non-hydrogen) atoms. The normalized spacial score (nSPS) is 22.3. The van der Waals surface area contributed by atoms with Crippen molar-refractivity contribution in [1.29, 1.82) is 0 Å². The lowest BCUT2D eigenvalue weighted by molar-refractivity contribution is -0.0749. The Labute approximate surface area is 128 Å². The topological polar surface area (TPSA) is 38.5 Å². The molecule has 0 saturated carbocycles. The first kappa shape index (κ1) is 14.8. The van der Waals surface area contributed by atoms with Crippen molar-refractivity contribution >= 4 is 38.8 Å². The third-order valence-electron chi connectivity index (χ3n) is 3.13. The summed E-state index contributed by atoms with van der Waals surface area (Å²) in [4.78, 5) is 2.73. The van der Waals surface area contributed by atoms with Crippen molar-refractivity contribution in [1.82, 2.24) is 0 Å². The molecule has 0 aliphatic carbocycles. The summed E-state index contributed by atoms with van der Waals surface area (Å²) in [7, 11) is 0. The molecule has 1 aliphatic heterocycles. The first-order chi connectivity index (χ1) is 8.78. The van der Waals surface area contributed by atoms with E-state index in [2.05, 4.69) is 47.7 Å². The molecule has 1 unspecified atom stereocenters. The minimum atomic E-state index is -0.168. The van der Waals surface area contributed by atoms with E-state index >= 15 is 0 Å². The number of nitrogens with two attached hydrogens (primary N) is 1. The number of benzene rings is 1. The van der Waals surface area contributed by atoms with E-state index in [0.717, 1.165) is 28.8 Å². The minimum Gasteiger partial charge on any atom is -0.389 e.